The Hall–Kier alpha value is -3.02. The molecule has 0 bridgehead atoms. The van der Waals surface area contributed by atoms with Crippen LogP contribution in [0.4, 0.5) is 4.79 Å². The monoisotopic (exact) mass is 441 g/mol. The summed E-state index contributed by atoms with van der Waals surface area (Å²) in [6.45, 7) is 0.0908. The zero-order chi connectivity index (χ0) is 21.3. The number of aliphatic carboxylic acids is 1. The quantitative estimate of drug-likeness (QED) is 0.535. The topological polar surface area (TPSA) is 75.6 Å². The first-order chi connectivity index (χ1) is 14.5. The van der Waals surface area contributed by atoms with Crippen LogP contribution in [0.1, 0.15) is 28.7 Å². The molecule has 30 heavy (non-hydrogen) atoms. The van der Waals surface area contributed by atoms with Gasteiger partial charge in [0.15, 0.2) is 6.04 Å². The molecule has 0 unspecified atom stereocenters. The molecule has 1 amide bonds. The van der Waals surface area contributed by atoms with E-state index in [4.69, 9.17) is 27.9 Å². The molecular formula is C23H17Cl2NO4. The van der Waals surface area contributed by atoms with Crippen molar-refractivity contribution in [2.75, 3.05) is 6.61 Å². The SMILES string of the molecule is O=C(N[C@@H](C(=O)O)c1ccc(Cl)c(Cl)c1)OCC1c2ccccc2-c2ccccc21. The maximum absolute atomic E-state index is 12.4. The van der Waals surface area contributed by atoms with Gasteiger partial charge in [0.05, 0.1) is 10.0 Å². The maximum atomic E-state index is 12.4. The highest BCUT2D eigenvalue weighted by molar-refractivity contribution is 6.42. The van der Waals surface area contributed by atoms with E-state index < -0.39 is 18.1 Å². The first-order valence-electron chi connectivity index (χ1n) is 9.25. The number of hydrogen-bond donors (Lipinski definition) is 2. The van der Waals surface area contributed by atoms with Gasteiger partial charge >= 0.3 is 12.1 Å². The van der Waals surface area contributed by atoms with Gasteiger partial charge in [0, 0.05) is 5.92 Å². The van der Waals surface area contributed by atoms with Crippen molar-refractivity contribution in [1.82, 2.24) is 5.32 Å². The summed E-state index contributed by atoms with van der Waals surface area (Å²) in [7, 11) is 0. The van der Waals surface area contributed by atoms with Gasteiger partial charge in [0.1, 0.15) is 6.61 Å². The van der Waals surface area contributed by atoms with Crippen LogP contribution >= 0.6 is 23.2 Å². The summed E-state index contributed by atoms with van der Waals surface area (Å²) in [6.07, 6.45) is -0.824. The second-order valence-corrected chi connectivity index (χ2v) is 7.73. The minimum absolute atomic E-state index is 0.0908. The van der Waals surface area contributed by atoms with E-state index in [1.54, 1.807) is 0 Å². The third-order valence-electron chi connectivity index (χ3n) is 5.13. The van der Waals surface area contributed by atoms with Crippen molar-refractivity contribution in [2.24, 2.45) is 0 Å². The van der Waals surface area contributed by atoms with Crippen LogP contribution in [0.3, 0.4) is 0 Å². The number of nitrogens with one attached hydrogen (secondary N) is 1. The van der Waals surface area contributed by atoms with Gasteiger partial charge in [-0.2, -0.15) is 0 Å². The zero-order valence-corrected chi connectivity index (χ0v) is 17.2. The molecule has 0 aliphatic heterocycles. The van der Waals surface area contributed by atoms with Crippen molar-refractivity contribution in [3.8, 4) is 11.1 Å². The van der Waals surface area contributed by atoms with E-state index >= 15 is 0 Å². The molecule has 3 aromatic rings. The van der Waals surface area contributed by atoms with Gasteiger partial charge in [-0.25, -0.2) is 9.59 Å². The molecule has 0 radical (unpaired) electrons. The van der Waals surface area contributed by atoms with Gasteiger partial charge in [-0.1, -0.05) is 77.8 Å². The molecule has 0 fully saturated rings. The smallest absolute Gasteiger partial charge is 0.408 e. The van der Waals surface area contributed by atoms with Crippen LogP contribution in [0.2, 0.25) is 10.0 Å². The molecule has 1 aliphatic carbocycles. The number of carbonyl (C=O) groups excluding carboxylic acids is 1. The van der Waals surface area contributed by atoms with Gasteiger partial charge in [-0.05, 0) is 39.9 Å². The first-order valence-corrected chi connectivity index (χ1v) is 10.0. The first kappa shape index (κ1) is 20.3. The van der Waals surface area contributed by atoms with Crippen LogP contribution in [0.5, 0.6) is 0 Å². The summed E-state index contributed by atoms with van der Waals surface area (Å²) in [6, 6.07) is 19.0. The lowest BCUT2D eigenvalue weighted by molar-refractivity contribution is -0.139. The van der Waals surface area contributed by atoms with Gasteiger partial charge in [0.2, 0.25) is 0 Å². The number of rotatable bonds is 5. The Kier molecular flexibility index (Phi) is 5.66. The highest BCUT2D eigenvalue weighted by atomic mass is 35.5. The number of alkyl carbamates (subject to hydrolysis) is 1. The molecule has 5 nitrogen and oxygen atoms in total. The summed E-state index contributed by atoms with van der Waals surface area (Å²) in [4.78, 5) is 24.1. The second-order valence-electron chi connectivity index (χ2n) is 6.91. The minimum Gasteiger partial charge on any atom is -0.479 e. The number of halogens is 2. The Balaban J connectivity index is 1.49. The summed E-state index contributed by atoms with van der Waals surface area (Å²) in [5.74, 6) is -1.35. The molecule has 0 aromatic heterocycles. The fourth-order valence-corrected chi connectivity index (χ4v) is 4.04. The van der Waals surface area contributed by atoms with E-state index in [2.05, 4.69) is 5.32 Å². The molecule has 7 heteroatoms. The van der Waals surface area contributed by atoms with Crippen molar-refractivity contribution < 1.29 is 19.4 Å². The molecule has 1 atom stereocenters. The molecule has 0 saturated carbocycles. The molecule has 2 N–H and O–H groups in total. The largest absolute Gasteiger partial charge is 0.479 e. The van der Waals surface area contributed by atoms with E-state index in [-0.39, 0.29) is 17.5 Å². The maximum Gasteiger partial charge on any atom is 0.408 e. The molecule has 0 heterocycles. The third kappa shape index (κ3) is 3.86. The second kappa shape index (κ2) is 8.38. The third-order valence-corrected chi connectivity index (χ3v) is 5.87. The van der Waals surface area contributed by atoms with Gasteiger partial charge in [-0.3, -0.25) is 0 Å². The predicted molar refractivity (Wildman–Crippen MR) is 115 cm³/mol. The minimum atomic E-state index is -1.31. The summed E-state index contributed by atoms with van der Waals surface area (Å²) in [5.41, 5.74) is 4.67. The Morgan fingerprint density at radius 3 is 2.10 bits per heavy atom. The molecule has 0 spiro atoms. The van der Waals surface area contributed by atoms with E-state index in [0.29, 0.717) is 10.6 Å². The van der Waals surface area contributed by atoms with Crippen LogP contribution in [-0.2, 0) is 9.53 Å². The Bertz CT molecular complexity index is 1090. The Morgan fingerprint density at radius 1 is 0.933 bits per heavy atom. The van der Waals surface area contributed by atoms with Crippen LogP contribution in [0, 0.1) is 0 Å². The van der Waals surface area contributed by atoms with E-state index in [0.717, 1.165) is 22.3 Å². The van der Waals surface area contributed by atoms with Crippen molar-refractivity contribution >= 4 is 35.3 Å². The van der Waals surface area contributed by atoms with E-state index in [1.165, 1.54) is 18.2 Å². The lowest BCUT2D eigenvalue weighted by atomic mass is 9.98. The predicted octanol–water partition coefficient (Wildman–Crippen LogP) is 5.66. The highest BCUT2D eigenvalue weighted by Gasteiger charge is 2.30. The normalized spacial score (nSPS) is 13.3. The van der Waals surface area contributed by atoms with Crippen molar-refractivity contribution in [1.29, 1.82) is 0 Å². The number of carboxylic acids is 1. The van der Waals surface area contributed by atoms with Gasteiger partial charge in [0.25, 0.3) is 0 Å². The van der Waals surface area contributed by atoms with Crippen molar-refractivity contribution in [2.45, 2.75) is 12.0 Å². The molecule has 3 aromatic carbocycles. The van der Waals surface area contributed by atoms with Gasteiger partial charge in [-0.15, -0.1) is 0 Å². The lowest BCUT2D eigenvalue weighted by Crippen LogP contribution is -2.34. The number of fused-ring (bicyclic) bond motifs is 3. The van der Waals surface area contributed by atoms with Crippen LogP contribution in [0.15, 0.2) is 66.7 Å². The fraction of sp³-hybridized carbons (Fsp3) is 0.130. The molecule has 0 saturated heterocycles. The Labute approximate surface area is 183 Å². The molecule has 4 rings (SSSR count). The number of amides is 1. The van der Waals surface area contributed by atoms with E-state index in [9.17, 15) is 14.7 Å². The fourth-order valence-electron chi connectivity index (χ4n) is 3.74. The van der Waals surface area contributed by atoms with Crippen molar-refractivity contribution in [3.63, 3.8) is 0 Å². The van der Waals surface area contributed by atoms with Crippen molar-refractivity contribution in [3.05, 3.63) is 93.5 Å². The average Bonchev–Trinajstić information content (AvgIpc) is 3.06. The van der Waals surface area contributed by atoms with Crippen LogP contribution in [0.25, 0.3) is 11.1 Å². The highest BCUT2D eigenvalue weighted by Crippen LogP contribution is 2.44. The summed E-state index contributed by atoms with van der Waals surface area (Å²) >= 11 is 11.9. The average molecular weight is 442 g/mol. The molecular weight excluding hydrogens is 425 g/mol. The van der Waals surface area contributed by atoms with Crippen LogP contribution in [-0.4, -0.2) is 23.8 Å². The van der Waals surface area contributed by atoms with Crippen LogP contribution < -0.4 is 5.32 Å². The number of ether oxygens (including phenoxy) is 1. The number of carbonyl (C=O) groups is 2. The molecule has 152 valence electrons. The number of hydrogen-bond acceptors (Lipinski definition) is 3. The Morgan fingerprint density at radius 2 is 1.53 bits per heavy atom. The lowest BCUT2D eigenvalue weighted by Gasteiger charge is -2.18. The number of benzene rings is 3. The standard InChI is InChI=1S/C23H17Cl2NO4/c24-19-10-9-13(11-20(19)25)21(22(27)28)26-23(29)30-12-18-16-7-3-1-5-14(16)15-6-2-4-8-17(15)18/h1-11,18,21H,12H2,(H,26,29)(H,27,28)/t21-/m1/s1. The molecule has 1 aliphatic rings. The zero-order valence-electron chi connectivity index (χ0n) is 15.6. The van der Waals surface area contributed by atoms with E-state index in [1.807, 2.05) is 48.5 Å². The summed E-state index contributed by atoms with van der Waals surface area (Å²) in [5, 5.41) is 12.4. The summed E-state index contributed by atoms with van der Waals surface area (Å²) < 4.78 is 5.42. The van der Waals surface area contributed by atoms with Gasteiger partial charge < -0.3 is 15.2 Å². The number of carboxylic acid groups (broad SMARTS) is 1.